The molecule has 0 aliphatic heterocycles. The van der Waals surface area contributed by atoms with Gasteiger partial charge < -0.3 is 13.9 Å². The molecule has 122 valence electrons. The predicted octanol–water partition coefficient (Wildman–Crippen LogP) is 4.36. The van der Waals surface area contributed by atoms with E-state index in [-0.39, 0.29) is 6.61 Å². The lowest BCUT2D eigenvalue weighted by atomic mass is 10.2. The van der Waals surface area contributed by atoms with Crippen molar-refractivity contribution < 1.29 is 18.7 Å². The average Bonchev–Trinajstić information content (AvgIpc) is 3.01. The van der Waals surface area contributed by atoms with Gasteiger partial charge in [-0.15, -0.1) is 0 Å². The minimum atomic E-state index is -0.487. The highest BCUT2D eigenvalue weighted by atomic mass is 79.9. The van der Waals surface area contributed by atoms with E-state index in [1.807, 2.05) is 42.5 Å². The lowest BCUT2D eigenvalue weighted by molar-refractivity contribution is -0.139. The molecule has 3 rings (SSSR count). The lowest BCUT2D eigenvalue weighted by Gasteiger charge is -2.04. The summed E-state index contributed by atoms with van der Waals surface area (Å²) < 4.78 is 16.8. The Balaban J connectivity index is 1.64. The number of rotatable bonds is 5. The summed E-state index contributed by atoms with van der Waals surface area (Å²) in [5.41, 5.74) is 2.17. The van der Waals surface area contributed by atoms with E-state index in [1.165, 1.54) is 6.08 Å². The molecule has 0 N–H and O–H groups in total. The molecule has 1 heterocycles. The molecule has 0 fully saturated rings. The molecule has 0 unspecified atom stereocenters. The van der Waals surface area contributed by atoms with Crippen molar-refractivity contribution in [3.63, 3.8) is 0 Å². The van der Waals surface area contributed by atoms with Crippen LogP contribution < -0.4 is 4.74 Å². The average molecular weight is 388 g/mol. The van der Waals surface area contributed by atoms with Crippen LogP contribution in [0.15, 0.2) is 57.4 Å². The van der Waals surface area contributed by atoms with Crippen molar-refractivity contribution in [1.82, 2.24) is 4.98 Å². The third-order valence-electron chi connectivity index (χ3n) is 3.27. The summed E-state index contributed by atoms with van der Waals surface area (Å²) in [4.78, 5) is 16.1. The first kappa shape index (κ1) is 16.3. The number of aromatic nitrogens is 1. The molecule has 0 saturated carbocycles. The van der Waals surface area contributed by atoms with Gasteiger partial charge >= 0.3 is 5.97 Å². The number of halogens is 1. The number of hydrogen-bond donors (Lipinski definition) is 0. The van der Waals surface area contributed by atoms with Crippen LogP contribution in [0.25, 0.3) is 17.2 Å². The van der Waals surface area contributed by atoms with Crippen LogP contribution in [0.2, 0.25) is 0 Å². The first-order valence-electron chi connectivity index (χ1n) is 7.18. The van der Waals surface area contributed by atoms with Crippen LogP contribution in [0.3, 0.4) is 0 Å². The third-order valence-corrected chi connectivity index (χ3v) is 3.76. The van der Waals surface area contributed by atoms with Gasteiger partial charge in [0.25, 0.3) is 0 Å². The van der Waals surface area contributed by atoms with E-state index in [1.54, 1.807) is 13.2 Å². The van der Waals surface area contributed by atoms with Crippen molar-refractivity contribution >= 4 is 39.1 Å². The highest BCUT2D eigenvalue weighted by Crippen LogP contribution is 2.24. The van der Waals surface area contributed by atoms with Crippen molar-refractivity contribution in [2.75, 3.05) is 7.11 Å². The Morgan fingerprint density at radius 2 is 2.12 bits per heavy atom. The minimum absolute atomic E-state index is 0.0204. The Hall–Kier alpha value is -2.60. The van der Waals surface area contributed by atoms with E-state index < -0.39 is 5.97 Å². The Kier molecular flexibility index (Phi) is 4.96. The normalized spacial score (nSPS) is 11.1. The fourth-order valence-corrected chi connectivity index (χ4v) is 2.53. The number of ether oxygens (including phenoxy) is 2. The number of esters is 1. The minimum Gasteiger partial charge on any atom is -0.496 e. The lowest BCUT2D eigenvalue weighted by Crippen LogP contribution is -2.01. The Bertz CT molecular complexity index is 868. The number of para-hydroxylation sites is 2. The molecular weight excluding hydrogens is 374 g/mol. The van der Waals surface area contributed by atoms with Crippen molar-refractivity contribution in [3.8, 4) is 5.75 Å². The Morgan fingerprint density at radius 3 is 2.92 bits per heavy atom. The molecule has 0 radical (unpaired) electrons. The van der Waals surface area contributed by atoms with E-state index in [4.69, 9.17) is 13.9 Å². The standard InChI is InChI=1S/C18H14BrNO4/c1-22-15-8-7-13(19)10-12(15)6-9-18(21)23-11-17-20-14-4-2-3-5-16(14)24-17/h2-10H,11H2,1H3/b9-6+. The van der Waals surface area contributed by atoms with Crippen LogP contribution >= 0.6 is 15.9 Å². The summed E-state index contributed by atoms with van der Waals surface area (Å²) in [7, 11) is 1.58. The molecule has 0 bridgehead atoms. The smallest absolute Gasteiger partial charge is 0.331 e. The number of benzene rings is 2. The van der Waals surface area contributed by atoms with Crippen LogP contribution in [-0.4, -0.2) is 18.1 Å². The molecular formula is C18H14BrNO4. The first-order chi connectivity index (χ1) is 11.7. The maximum atomic E-state index is 11.9. The summed E-state index contributed by atoms with van der Waals surface area (Å²) in [5.74, 6) is 0.540. The molecule has 0 aliphatic rings. The van der Waals surface area contributed by atoms with Gasteiger partial charge in [-0.1, -0.05) is 28.1 Å². The van der Waals surface area contributed by atoms with Crippen molar-refractivity contribution in [2.45, 2.75) is 6.61 Å². The van der Waals surface area contributed by atoms with Crippen molar-refractivity contribution in [2.24, 2.45) is 0 Å². The monoisotopic (exact) mass is 387 g/mol. The number of fused-ring (bicyclic) bond motifs is 1. The van der Waals surface area contributed by atoms with Gasteiger partial charge in [-0.2, -0.15) is 0 Å². The second-order valence-corrected chi connectivity index (χ2v) is 5.82. The molecule has 2 aromatic carbocycles. The molecule has 3 aromatic rings. The Labute approximate surface area is 147 Å². The van der Waals surface area contributed by atoms with Crippen LogP contribution in [0, 0.1) is 0 Å². The quantitative estimate of drug-likeness (QED) is 0.480. The number of oxazole rings is 1. The molecule has 6 heteroatoms. The molecule has 24 heavy (non-hydrogen) atoms. The number of carbonyl (C=O) groups excluding carboxylic acids is 1. The third kappa shape index (κ3) is 3.83. The summed E-state index contributed by atoms with van der Waals surface area (Å²) in [5, 5.41) is 0. The summed E-state index contributed by atoms with van der Waals surface area (Å²) >= 11 is 3.38. The molecule has 0 aliphatic carbocycles. The zero-order chi connectivity index (χ0) is 16.9. The molecule has 5 nitrogen and oxygen atoms in total. The highest BCUT2D eigenvalue weighted by Gasteiger charge is 2.07. The summed E-state index contributed by atoms with van der Waals surface area (Å²) in [6, 6.07) is 12.9. The fraction of sp³-hybridized carbons (Fsp3) is 0.111. The van der Waals surface area contributed by atoms with E-state index in [0.717, 1.165) is 15.6 Å². The topological polar surface area (TPSA) is 61.6 Å². The Morgan fingerprint density at radius 1 is 1.29 bits per heavy atom. The molecule has 0 spiro atoms. The maximum absolute atomic E-state index is 11.9. The summed E-state index contributed by atoms with van der Waals surface area (Å²) in [6.07, 6.45) is 2.98. The molecule has 1 aromatic heterocycles. The van der Waals surface area contributed by atoms with Crippen LogP contribution in [0.1, 0.15) is 11.5 Å². The van der Waals surface area contributed by atoms with Gasteiger partial charge in [-0.25, -0.2) is 9.78 Å². The largest absolute Gasteiger partial charge is 0.496 e. The summed E-state index contributed by atoms with van der Waals surface area (Å²) in [6.45, 7) is -0.0204. The van der Waals surface area contributed by atoms with E-state index in [0.29, 0.717) is 17.2 Å². The number of hydrogen-bond acceptors (Lipinski definition) is 5. The SMILES string of the molecule is COc1ccc(Br)cc1/C=C/C(=O)OCc1nc2ccccc2o1. The van der Waals surface area contributed by atoms with E-state index in [2.05, 4.69) is 20.9 Å². The number of methoxy groups -OCH3 is 1. The van der Waals surface area contributed by atoms with Crippen LogP contribution in [-0.2, 0) is 16.1 Å². The van der Waals surface area contributed by atoms with Gasteiger partial charge in [0.2, 0.25) is 5.89 Å². The molecule has 0 saturated heterocycles. The maximum Gasteiger partial charge on any atom is 0.331 e. The number of carbonyl (C=O) groups is 1. The van der Waals surface area contributed by atoms with Gasteiger partial charge in [-0.05, 0) is 36.4 Å². The van der Waals surface area contributed by atoms with Gasteiger partial charge in [0, 0.05) is 16.1 Å². The van der Waals surface area contributed by atoms with Gasteiger partial charge in [-0.3, -0.25) is 0 Å². The highest BCUT2D eigenvalue weighted by molar-refractivity contribution is 9.10. The van der Waals surface area contributed by atoms with Crippen molar-refractivity contribution in [1.29, 1.82) is 0 Å². The van der Waals surface area contributed by atoms with Crippen molar-refractivity contribution in [3.05, 3.63) is 64.5 Å². The second-order valence-electron chi connectivity index (χ2n) is 4.90. The zero-order valence-electron chi connectivity index (χ0n) is 12.9. The van der Waals surface area contributed by atoms with Gasteiger partial charge in [0.1, 0.15) is 11.3 Å². The molecule has 0 atom stereocenters. The number of nitrogens with zero attached hydrogens (tertiary/aromatic N) is 1. The second kappa shape index (κ2) is 7.31. The van der Waals surface area contributed by atoms with Crippen LogP contribution in [0.4, 0.5) is 0 Å². The zero-order valence-corrected chi connectivity index (χ0v) is 14.4. The van der Waals surface area contributed by atoms with Gasteiger partial charge in [0.15, 0.2) is 12.2 Å². The fourth-order valence-electron chi connectivity index (χ4n) is 2.16. The first-order valence-corrected chi connectivity index (χ1v) is 7.98. The van der Waals surface area contributed by atoms with E-state index in [9.17, 15) is 4.79 Å². The predicted molar refractivity (Wildman–Crippen MR) is 93.5 cm³/mol. The van der Waals surface area contributed by atoms with E-state index >= 15 is 0 Å². The van der Waals surface area contributed by atoms with Gasteiger partial charge in [0.05, 0.1) is 7.11 Å². The van der Waals surface area contributed by atoms with Crippen LogP contribution in [0.5, 0.6) is 5.75 Å². The molecule has 0 amide bonds.